The Morgan fingerprint density at radius 2 is 1.21 bits per heavy atom. The van der Waals surface area contributed by atoms with Gasteiger partial charge in [-0.1, -0.05) is 115 Å². The lowest BCUT2D eigenvalue weighted by Crippen LogP contribution is -1.92. The standard InChI is InChI=1S/C42H28O/c1-25-22-28-11-9-17-35(37(28)23-26(25)2)41-33-15-7-5-13-31(33)40(32-14-6-8-16-34(32)41)29-19-21-39-38(24-29)36-20-18-27-10-3-4-12-30(27)42(36)43-39/h3-24H,1-2H3/i5D,6D,7D,8D,9D,11D,13D,14D,15D,16D,17D,22D,23D. The van der Waals surface area contributed by atoms with Crippen molar-refractivity contribution in [2.24, 2.45) is 0 Å². The fourth-order valence-corrected chi connectivity index (χ4v) is 6.20. The Balaban J connectivity index is 1.59. The van der Waals surface area contributed by atoms with Gasteiger partial charge >= 0.3 is 0 Å². The topological polar surface area (TPSA) is 13.1 Å². The summed E-state index contributed by atoms with van der Waals surface area (Å²) < 4.78 is 124. The van der Waals surface area contributed by atoms with Crippen molar-refractivity contribution in [2.45, 2.75) is 13.8 Å². The van der Waals surface area contributed by atoms with E-state index in [-0.39, 0.29) is 61.1 Å². The Morgan fingerprint density at radius 1 is 0.512 bits per heavy atom. The van der Waals surface area contributed by atoms with E-state index in [4.69, 9.17) is 14.0 Å². The van der Waals surface area contributed by atoms with Gasteiger partial charge in [0.1, 0.15) is 11.2 Å². The summed E-state index contributed by atoms with van der Waals surface area (Å²) in [6.45, 7) is 3.22. The number of hydrogen-bond acceptors (Lipinski definition) is 1. The minimum atomic E-state index is -0.642. The first-order valence-corrected chi connectivity index (χ1v) is 13.9. The second kappa shape index (κ2) is 9.05. The maximum absolute atomic E-state index is 9.38. The van der Waals surface area contributed by atoms with E-state index in [2.05, 4.69) is 0 Å². The molecule has 0 N–H and O–H groups in total. The molecule has 0 aliphatic carbocycles. The Kier molecular flexibility index (Phi) is 3.09. The lowest BCUT2D eigenvalue weighted by Gasteiger charge is -2.19. The van der Waals surface area contributed by atoms with Crippen LogP contribution in [-0.2, 0) is 0 Å². The SMILES string of the molecule is [2H]c1c([2H])c(-c2c3c([2H])c([2H])c([2H])c([2H])c3c(-c3ccc4oc5c6ccccc6ccc5c4c3)c3c([2H])c([2H])c([2H])c([2H])c23)c2c([2H])c(C)c(C)c([2H])c2c1[2H]. The molecule has 1 aromatic heterocycles. The molecule has 0 aliphatic rings. The van der Waals surface area contributed by atoms with Crippen LogP contribution in [0.15, 0.2) is 138 Å². The molecule has 0 saturated carbocycles. The summed E-state index contributed by atoms with van der Waals surface area (Å²) in [7, 11) is 0. The minimum Gasteiger partial charge on any atom is -0.455 e. The lowest BCUT2D eigenvalue weighted by molar-refractivity contribution is 0.672. The molecule has 0 atom stereocenters. The average Bonchev–Trinajstić information content (AvgIpc) is 3.58. The van der Waals surface area contributed by atoms with Gasteiger partial charge in [-0.25, -0.2) is 0 Å². The van der Waals surface area contributed by atoms with Crippen molar-refractivity contribution in [2.75, 3.05) is 0 Å². The van der Waals surface area contributed by atoms with Crippen molar-refractivity contribution < 1.29 is 22.2 Å². The Bertz CT molecular complexity index is 3220. The van der Waals surface area contributed by atoms with Crippen LogP contribution in [0.2, 0.25) is 0 Å². The third-order valence-corrected chi connectivity index (χ3v) is 8.34. The highest BCUT2D eigenvalue weighted by Crippen LogP contribution is 2.46. The molecular weight excluding hydrogens is 520 g/mol. The Labute approximate surface area is 267 Å². The normalized spacial score (nSPS) is 16.2. The summed E-state index contributed by atoms with van der Waals surface area (Å²) in [5, 5.41) is 2.47. The Hall–Kier alpha value is -5.40. The number of benzene rings is 8. The number of furan rings is 1. The van der Waals surface area contributed by atoms with Crippen LogP contribution in [0.1, 0.15) is 28.9 Å². The van der Waals surface area contributed by atoms with Gasteiger partial charge in [-0.15, -0.1) is 0 Å². The van der Waals surface area contributed by atoms with E-state index in [1.807, 2.05) is 36.4 Å². The predicted molar refractivity (Wildman–Crippen MR) is 184 cm³/mol. The van der Waals surface area contributed by atoms with Crippen LogP contribution >= 0.6 is 0 Å². The monoisotopic (exact) mass is 561 g/mol. The van der Waals surface area contributed by atoms with E-state index < -0.39 is 66.5 Å². The summed E-state index contributed by atoms with van der Waals surface area (Å²) in [6, 6.07) is 10.1. The molecule has 0 aliphatic heterocycles. The van der Waals surface area contributed by atoms with Gasteiger partial charge < -0.3 is 4.42 Å². The van der Waals surface area contributed by atoms with E-state index >= 15 is 0 Å². The van der Waals surface area contributed by atoms with Crippen LogP contribution in [-0.4, -0.2) is 0 Å². The van der Waals surface area contributed by atoms with Crippen LogP contribution in [0.25, 0.3) is 87.3 Å². The largest absolute Gasteiger partial charge is 0.455 e. The Morgan fingerprint density at radius 3 is 1.98 bits per heavy atom. The molecule has 9 rings (SSSR count). The van der Waals surface area contributed by atoms with Crippen molar-refractivity contribution in [3.63, 3.8) is 0 Å². The van der Waals surface area contributed by atoms with E-state index in [0.29, 0.717) is 33.2 Å². The number of fused-ring (bicyclic) bond motifs is 8. The zero-order valence-electron chi connectivity index (χ0n) is 36.1. The maximum atomic E-state index is 9.38. The molecule has 0 bridgehead atoms. The molecule has 0 saturated heterocycles. The van der Waals surface area contributed by atoms with Gasteiger partial charge in [0.05, 0.1) is 17.8 Å². The molecule has 8 aromatic carbocycles. The molecule has 202 valence electrons. The molecule has 1 heterocycles. The highest BCUT2D eigenvalue weighted by molar-refractivity contribution is 6.24. The van der Waals surface area contributed by atoms with Crippen LogP contribution in [0, 0.1) is 13.8 Å². The smallest absolute Gasteiger partial charge is 0.143 e. The van der Waals surface area contributed by atoms with Gasteiger partial charge in [-0.05, 0) is 103 Å². The first-order chi connectivity index (χ1) is 26.6. The third-order valence-electron chi connectivity index (χ3n) is 8.34. The van der Waals surface area contributed by atoms with Crippen LogP contribution in [0.4, 0.5) is 0 Å². The molecule has 0 fully saturated rings. The number of hydrogen-bond donors (Lipinski definition) is 0. The van der Waals surface area contributed by atoms with Gasteiger partial charge in [-0.3, -0.25) is 0 Å². The van der Waals surface area contributed by atoms with Crippen LogP contribution < -0.4 is 0 Å². The van der Waals surface area contributed by atoms with Gasteiger partial charge in [0.25, 0.3) is 0 Å². The second-order valence-electron chi connectivity index (χ2n) is 10.7. The van der Waals surface area contributed by atoms with E-state index in [9.17, 15) is 8.22 Å². The zero-order valence-corrected chi connectivity index (χ0v) is 23.1. The molecule has 1 nitrogen and oxygen atoms in total. The van der Waals surface area contributed by atoms with Crippen LogP contribution in [0.5, 0.6) is 0 Å². The predicted octanol–water partition coefficient (Wildman–Crippen LogP) is 12.1. The van der Waals surface area contributed by atoms with Crippen LogP contribution in [0.3, 0.4) is 0 Å². The fourth-order valence-electron chi connectivity index (χ4n) is 6.20. The highest BCUT2D eigenvalue weighted by Gasteiger charge is 2.19. The fraction of sp³-hybridized carbons (Fsp3) is 0.0476. The molecule has 43 heavy (non-hydrogen) atoms. The van der Waals surface area contributed by atoms with Crippen molar-refractivity contribution in [1.29, 1.82) is 0 Å². The van der Waals surface area contributed by atoms with Crippen molar-refractivity contribution in [1.82, 2.24) is 0 Å². The summed E-state index contributed by atoms with van der Waals surface area (Å²) in [4.78, 5) is 0. The minimum absolute atomic E-state index is 0.0909. The van der Waals surface area contributed by atoms with Crippen molar-refractivity contribution >= 4 is 65.0 Å². The maximum Gasteiger partial charge on any atom is 0.143 e. The third kappa shape index (κ3) is 3.52. The summed E-state index contributed by atoms with van der Waals surface area (Å²) in [5.41, 5.74) is 1.90. The molecule has 1 heteroatoms. The summed E-state index contributed by atoms with van der Waals surface area (Å²) >= 11 is 0. The summed E-state index contributed by atoms with van der Waals surface area (Å²) in [5.74, 6) is 0. The molecule has 0 unspecified atom stereocenters. The second-order valence-corrected chi connectivity index (χ2v) is 10.7. The molecule has 9 aromatic rings. The van der Waals surface area contributed by atoms with E-state index in [1.54, 1.807) is 32.0 Å². The quantitative estimate of drug-likeness (QED) is 0.191. The highest BCUT2D eigenvalue weighted by atomic mass is 16.3. The first-order valence-electron chi connectivity index (χ1n) is 20.4. The van der Waals surface area contributed by atoms with Gasteiger partial charge in [0.15, 0.2) is 0 Å². The molecule has 0 spiro atoms. The van der Waals surface area contributed by atoms with E-state index in [0.717, 1.165) is 16.2 Å². The van der Waals surface area contributed by atoms with Crippen molar-refractivity contribution in [3.8, 4) is 22.3 Å². The van der Waals surface area contributed by atoms with Gasteiger partial charge in [0.2, 0.25) is 0 Å². The average molecular weight is 562 g/mol. The molecule has 0 radical (unpaired) electrons. The van der Waals surface area contributed by atoms with Gasteiger partial charge in [-0.2, -0.15) is 0 Å². The molecular formula is C42H28O. The lowest BCUT2D eigenvalue weighted by atomic mass is 9.84. The van der Waals surface area contributed by atoms with E-state index in [1.165, 1.54) is 0 Å². The molecule has 0 amide bonds. The zero-order chi connectivity index (χ0) is 40.0. The summed E-state index contributed by atoms with van der Waals surface area (Å²) in [6.07, 6.45) is 0. The van der Waals surface area contributed by atoms with Gasteiger partial charge in [0, 0.05) is 16.2 Å². The first kappa shape index (κ1) is 14.7. The van der Waals surface area contributed by atoms with Crippen molar-refractivity contribution in [3.05, 3.63) is 144 Å². The number of rotatable bonds is 2.